The second-order valence-corrected chi connectivity index (χ2v) is 4.61. The predicted molar refractivity (Wildman–Crippen MR) is 63.6 cm³/mol. The number of hydrogen-bond acceptors (Lipinski definition) is 2. The van der Waals surface area contributed by atoms with Crippen LogP contribution in [0.15, 0.2) is 29.6 Å². The van der Waals surface area contributed by atoms with Crippen molar-refractivity contribution in [3.63, 3.8) is 0 Å². The molecule has 16 heavy (non-hydrogen) atoms. The average molecular weight is 234 g/mol. The highest BCUT2D eigenvalue weighted by Crippen LogP contribution is 2.22. The van der Waals surface area contributed by atoms with Gasteiger partial charge in [0.1, 0.15) is 5.82 Å². The molecule has 82 valence electrons. The summed E-state index contributed by atoms with van der Waals surface area (Å²) in [4.78, 5) is 12.7. The Kier molecular flexibility index (Phi) is 2.88. The highest BCUT2D eigenvalue weighted by atomic mass is 32.1. The van der Waals surface area contributed by atoms with Crippen LogP contribution in [0.3, 0.4) is 0 Å². The number of carbonyl (C=O) groups excluding carboxylic acids is 1. The molecule has 0 unspecified atom stereocenters. The van der Waals surface area contributed by atoms with E-state index in [4.69, 9.17) is 0 Å². The first-order valence-electron chi connectivity index (χ1n) is 4.95. The van der Waals surface area contributed by atoms with Crippen molar-refractivity contribution >= 4 is 17.1 Å². The summed E-state index contributed by atoms with van der Waals surface area (Å²) in [5.74, 6) is -0.644. The van der Waals surface area contributed by atoms with Gasteiger partial charge in [0.2, 0.25) is 5.78 Å². The fourth-order valence-electron chi connectivity index (χ4n) is 1.55. The van der Waals surface area contributed by atoms with Crippen molar-refractivity contribution in [3.05, 3.63) is 57.0 Å². The van der Waals surface area contributed by atoms with Crippen molar-refractivity contribution in [3.8, 4) is 0 Å². The monoisotopic (exact) mass is 234 g/mol. The number of rotatable bonds is 2. The predicted octanol–water partition coefficient (Wildman–Crippen LogP) is 3.74. The van der Waals surface area contributed by atoms with Gasteiger partial charge in [-0.3, -0.25) is 4.79 Å². The van der Waals surface area contributed by atoms with Crippen LogP contribution >= 0.6 is 11.3 Å². The summed E-state index contributed by atoms with van der Waals surface area (Å²) in [5, 5.41) is 1.84. The SMILES string of the molecule is Cc1ccsc1C(=O)c1cccc(C)c1F. The molecule has 3 heteroatoms. The molecule has 0 atom stereocenters. The van der Waals surface area contributed by atoms with Crippen molar-refractivity contribution in [2.45, 2.75) is 13.8 Å². The minimum Gasteiger partial charge on any atom is -0.288 e. The Morgan fingerprint density at radius 2 is 1.94 bits per heavy atom. The van der Waals surface area contributed by atoms with E-state index in [1.165, 1.54) is 17.4 Å². The lowest BCUT2D eigenvalue weighted by Gasteiger charge is -2.03. The smallest absolute Gasteiger partial charge is 0.206 e. The van der Waals surface area contributed by atoms with E-state index in [1.54, 1.807) is 19.1 Å². The molecule has 1 aromatic carbocycles. The van der Waals surface area contributed by atoms with E-state index in [0.29, 0.717) is 10.4 Å². The maximum atomic E-state index is 13.8. The summed E-state index contributed by atoms with van der Waals surface area (Å²) >= 11 is 1.35. The second-order valence-electron chi connectivity index (χ2n) is 3.70. The molecular weight excluding hydrogens is 223 g/mol. The Morgan fingerprint density at radius 1 is 1.19 bits per heavy atom. The summed E-state index contributed by atoms with van der Waals surface area (Å²) in [6, 6.07) is 6.76. The first-order chi connectivity index (χ1) is 7.61. The lowest BCUT2D eigenvalue weighted by atomic mass is 10.0. The van der Waals surface area contributed by atoms with Gasteiger partial charge in [0.05, 0.1) is 10.4 Å². The Morgan fingerprint density at radius 3 is 2.56 bits per heavy atom. The van der Waals surface area contributed by atoms with Crippen LogP contribution in [-0.4, -0.2) is 5.78 Å². The van der Waals surface area contributed by atoms with Gasteiger partial charge in [0.15, 0.2) is 0 Å². The van der Waals surface area contributed by atoms with Crippen molar-refractivity contribution in [1.29, 1.82) is 0 Å². The van der Waals surface area contributed by atoms with E-state index in [1.807, 2.05) is 18.4 Å². The van der Waals surface area contributed by atoms with E-state index in [-0.39, 0.29) is 11.3 Å². The Labute approximate surface area is 97.6 Å². The van der Waals surface area contributed by atoms with Gasteiger partial charge in [0, 0.05) is 0 Å². The van der Waals surface area contributed by atoms with Gasteiger partial charge in [-0.15, -0.1) is 11.3 Å². The molecule has 0 N–H and O–H groups in total. The van der Waals surface area contributed by atoms with E-state index in [0.717, 1.165) is 5.56 Å². The largest absolute Gasteiger partial charge is 0.288 e. The zero-order valence-corrected chi connectivity index (χ0v) is 9.90. The first kappa shape index (κ1) is 11.0. The highest BCUT2D eigenvalue weighted by Gasteiger charge is 2.17. The van der Waals surface area contributed by atoms with Gasteiger partial charge in [-0.25, -0.2) is 4.39 Å². The van der Waals surface area contributed by atoms with Crippen LogP contribution in [0, 0.1) is 19.7 Å². The van der Waals surface area contributed by atoms with Crippen molar-refractivity contribution < 1.29 is 9.18 Å². The van der Waals surface area contributed by atoms with Crippen LogP contribution in [0.1, 0.15) is 26.4 Å². The van der Waals surface area contributed by atoms with E-state index in [9.17, 15) is 9.18 Å². The highest BCUT2D eigenvalue weighted by molar-refractivity contribution is 7.12. The molecule has 0 aliphatic rings. The summed E-state index contributed by atoms with van der Waals surface area (Å²) in [7, 11) is 0. The van der Waals surface area contributed by atoms with Crippen molar-refractivity contribution in [1.82, 2.24) is 0 Å². The zero-order chi connectivity index (χ0) is 11.7. The van der Waals surface area contributed by atoms with Crippen LogP contribution < -0.4 is 0 Å². The standard InChI is InChI=1S/C13H11FOS/c1-8-4-3-5-10(11(8)14)12(15)13-9(2)6-7-16-13/h3-7H,1-2H3. The lowest BCUT2D eigenvalue weighted by molar-refractivity contribution is 0.103. The maximum absolute atomic E-state index is 13.8. The molecule has 1 nitrogen and oxygen atoms in total. The molecule has 1 aromatic heterocycles. The molecule has 0 fully saturated rings. The van der Waals surface area contributed by atoms with E-state index in [2.05, 4.69) is 0 Å². The number of ketones is 1. The van der Waals surface area contributed by atoms with Crippen LogP contribution in [0.25, 0.3) is 0 Å². The average Bonchev–Trinajstić information content (AvgIpc) is 2.68. The van der Waals surface area contributed by atoms with Gasteiger partial charge in [-0.1, -0.05) is 12.1 Å². The number of thiophene rings is 1. The Hall–Kier alpha value is -1.48. The summed E-state index contributed by atoms with van der Waals surface area (Å²) in [6.07, 6.45) is 0. The van der Waals surface area contributed by atoms with Gasteiger partial charge in [-0.05, 0) is 42.5 Å². The van der Waals surface area contributed by atoms with Crippen LogP contribution in [0.2, 0.25) is 0 Å². The molecule has 1 heterocycles. The molecule has 0 radical (unpaired) electrons. The molecule has 2 aromatic rings. The zero-order valence-electron chi connectivity index (χ0n) is 9.08. The van der Waals surface area contributed by atoms with Gasteiger partial charge < -0.3 is 0 Å². The molecule has 0 saturated heterocycles. The quantitative estimate of drug-likeness (QED) is 0.723. The molecule has 0 aliphatic heterocycles. The second kappa shape index (κ2) is 4.18. The first-order valence-corrected chi connectivity index (χ1v) is 5.83. The lowest BCUT2D eigenvalue weighted by Crippen LogP contribution is -2.04. The summed E-state index contributed by atoms with van der Waals surface area (Å²) < 4.78 is 13.8. The topological polar surface area (TPSA) is 17.1 Å². The molecule has 0 amide bonds. The van der Waals surface area contributed by atoms with Crippen molar-refractivity contribution in [2.75, 3.05) is 0 Å². The fourth-order valence-corrected chi connectivity index (χ4v) is 2.43. The van der Waals surface area contributed by atoms with E-state index >= 15 is 0 Å². The number of benzene rings is 1. The maximum Gasteiger partial charge on any atom is 0.206 e. The number of hydrogen-bond donors (Lipinski definition) is 0. The van der Waals surface area contributed by atoms with Gasteiger partial charge >= 0.3 is 0 Å². The molecular formula is C13H11FOS. The van der Waals surface area contributed by atoms with Crippen LogP contribution in [-0.2, 0) is 0 Å². The minimum absolute atomic E-state index is 0.158. The molecule has 0 bridgehead atoms. The minimum atomic E-state index is -0.416. The fraction of sp³-hybridized carbons (Fsp3) is 0.154. The normalized spacial score (nSPS) is 10.4. The number of carbonyl (C=O) groups is 1. The third-order valence-electron chi connectivity index (χ3n) is 2.50. The van der Waals surface area contributed by atoms with Gasteiger partial charge in [0.25, 0.3) is 0 Å². The van der Waals surface area contributed by atoms with Crippen LogP contribution in [0.5, 0.6) is 0 Å². The molecule has 2 rings (SSSR count). The Bertz CT molecular complexity index is 543. The molecule has 0 spiro atoms. The van der Waals surface area contributed by atoms with Crippen LogP contribution in [0.4, 0.5) is 4.39 Å². The summed E-state index contributed by atoms with van der Waals surface area (Å²) in [5.41, 5.74) is 1.56. The molecule has 0 aliphatic carbocycles. The van der Waals surface area contributed by atoms with Crippen molar-refractivity contribution in [2.24, 2.45) is 0 Å². The third kappa shape index (κ3) is 1.78. The molecule has 0 saturated carbocycles. The number of aryl methyl sites for hydroxylation is 2. The summed E-state index contributed by atoms with van der Waals surface area (Å²) in [6.45, 7) is 3.52. The number of halogens is 1. The van der Waals surface area contributed by atoms with E-state index < -0.39 is 5.82 Å². The third-order valence-corrected chi connectivity index (χ3v) is 3.52. The van der Waals surface area contributed by atoms with Gasteiger partial charge in [-0.2, -0.15) is 0 Å². The Balaban J connectivity index is 2.50.